The molecule has 256 valence electrons. The van der Waals surface area contributed by atoms with Crippen LogP contribution < -0.4 is 16.0 Å². The summed E-state index contributed by atoms with van der Waals surface area (Å²) in [4.78, 5) is 10.7. The molecule has 0 bridgehead atoms. The van der Waals surface area contributed by atoms with Crippen molar-refractivity contribution in [1.29, 1.82) is 0 Å². The SMILES string of the molecule is C.CCCCCCCCCCCCCCCCNC(C)=O.CCCCCCCCCCCCCCCCNC(O)NC. The van der Waals surface area contributed by atoms with Crippen molar-refractivity contribution in [3.8, 4) is 0 Å². The van der Waals surface area contributed by atoms with Crippen LogP contribution in [-0.2, 0) is 4.79 Å². The molecule has 0 aromatic rings. The number of hydrogen-bond donors (Lipinski definition) is 4. The van der Waals surface area contributed by atoms with E-state index in [9.17, 15) is 9.90 Å². The molecule has 0 heterocycles. The lowest BCUT2D eigenvalue weighted by atomic mass is 10.0. The van der Waals surface area contributed by atoms with Gasteiger partial charge in [0.25, 0.3) is 0 Å². The fourth-order valence-electron chi connectivity index (χ4n) is 5.24. The Kier molecular flexibility index (Phi) is 46.3. The van der Waals surface area contributed by atoms with Gasteiger partial charge in [-0.25, -0.2) is 0 Å². The molecular weight excluding hydrogens is 518 g/mol. The van der Waals surface area contributed by atoms with E-state index >= 15 is 0 Å². The highest BCUT2D eigenvalue weighted by Crippen LogP contribution is 2.14. The summed E-state index contributed by atoms with van der Waals surface area (Å²) in [6.07, 6.45) is 38.2. The van der Waals surface area contributed by atoms with Crippen LogP contribution in [0, 0.1) is 0 Å². The summed E-state index contributed by atoms with van der Waals surface area (Å²) in [6, 6.07) is 0. The highest BCUT2D eigenvalue weighted by atomic mass is 16.3. The summed E-state index contributed by atoms with van der Waals surface area (Å²) in [5.41, 5.74) is 0. The lowest BCUT2D eigenvalue weighted by Crippen LogP contribution is -2.40. The second kappa shape index (κ2) is 42.5. The van der Waals surface area contributed by atoms with Crippen molar-refractivity contribution in [3.05, 3.63) is 0 Å². The maximum Gasteiger partial charge on any atom is 0.216 e. The number of carbonyl (C=O) groups excluding carboxylic acids is 1. The Hall–Kier alpha value is -0.650. The largest absolute Gasteiger partial charge is 0.365 e. The number of aliphatic hydroxyl groups excluding tert-OH is 1. The predicted molar refractivity (Wildman–Crippen MR) is 189 cm³/mol. The van der Waals surface area contributed by atoms with Gasteiger partial charge in [-0.1, -0.05) is 188 Å². The molecule has 0 spiro atoms. The van der Waals surface area contributed by atoms with Crippen LogP contribution in [0.3, 0.4) is 0 Å². The van der Waals surface area contributed by atoms with E-state index in [0.29, 0.717) is 0 Å². The molecule has 1 unspecified atom stereocenters. The molecule has 5 nitrogen and oxygen atoms in total. The van der Waals surface area contributed by atoms with E-state index in [-0.39, 0.29) is 13.3 Å². The third-order valence-corrected chi connectivity index (χ3v) is 8.05. The van der Waals surface area contributed by atoms with Crippen molar-refractivity contribution in [2.24, 2.45) is 0 Å². The first kappa shape index (κ1) is 45.8. The maximum absolute atomic E-state index is 10.7. The molecule has 42 heavy (non-hydrogen) atoms. The first-order valence-electron chi connectivity index (χ1n) is 18.4. The van der Waals surface area contributed by atoms with Gasteiger partial charge in [-0.05, 0) is 26.4 Å². The minimum Gasteiger partial charge on any atom is -0.365 e. The monoisotopic (exact) mass is 600 g/mol. The second-order valence-corrected chi connectivity index (χ2v) is 12.3. The molecule has 0 radical (unpaired) electrons. The van der Waals surface area contributed by atoms with Gasteiger partial charge in [0.05, 0.1) is 0 Å². The van der Waals surface area contributed by atoms with Gasteiger partial charge < -0.3 is 10.4 Å². The summed E-state index contributed by atoms with van der Waals surface area (Å²) >= 11 is 0. The average Bonchev–Trinajstić information content (AvgIpc) is 2.97. The normalized spacial score (nSPS) is 11.5. The molecular formula is C37H81N3O2. The highest BCUT2D eigenvalue weighted by molar-refractivity contribution is 5.72. The van der Waals surface area contributed by atoms with Crippen molar-refractivity contribution < 1.29 is 9.90 Å². The Morgan fingerprint density at radius 1 is 0.500 bits per heavy atom. The third-order valence-electron chi connectivity index (χ3n) is 8.05. The number of rotatable bonds is 32. The molecule has 0 aliphatic heterocycles. The van der Waals surface area contributed by atoms with E-state index in [1.165, 1.54) is 167 Å². The number of unbranched alkanes of at least 4 members (excludes halogenated alkanes) is 26. The van der Waals surface area contributed by atoms with Crippen molar-refractivity contribution >= 4 is 5.91 Å². The molecule has 5 heteroatoms. The van der Waals surface area contributed by atoms with E-state index in [2.05, 4.69) is 29.8 Å². The molecule has 0 aromatic carbocycles. The van der Waals surface area contributed by atoms with Gasteiger partial charge in [-0.15, -0.1) is 0 Å². The Morgan fingerprint density at radius 3 is 1.02 bits per heavy atom. The van der Waals surface area contributed by atoms with Crippen LogP contribution in [0.25, 0.3) is 0 Å². The molecule has 0 aliphatic rings. The van der Waals surface area contributed by atoms with E-state index in [0.717, 1.165) is 25.9 Å². The average molecular weight is 600 g/mol. The molecule has 0 aromatic heterocycles. The Morgan fingerprint density at radius 2 is 0.762 bits per heavy atom. The quantitative estimate of drug-likeness (QED) is 0.0458. The Bertz CT molecular complexity index is 476. The molecule has 0 saturated carbocycles. The summed E-state index contributed by atoms with van der Waals surface area (Å²) in [7, 11) is 1.75. The highest BCUT2D eigenvalue weighted by Gasteiger charge is 1.98. The smallest absolute Gasteiger partial charge is 0.216 e. The van der Waals surface area contributed by atoms with Crippen LogP contribution in [0.5, 0.6) is 0 Å². The maximum atomic E-state index is 10.7. The second-order valence-electron chi connectivity index (χ2n) is 12.3. The molecule has 0 rings (SSSR count). The van der Waals surface area contributed by atoms with Crippen molar-refractivity contribution in [3.63, 3.8) is 0 Å². The lowest BCUT2D eigenvalue weighted by Gasteiger charge is -2.10. The van der Waals surface area contributed by atoms with E-state index < -0.39 is 6.35 Å². The minimum atomic E-state index is -0.549. The predicted octanol–water partition coefficient (Wildman–Crippen LogP) is 10.8. The van der Waals surface area contributed by atoms with Gasteiger partial charge in [0.15, 0.2) is 6.35 Å². The van der Waals surface area contributed by atoms with E-state index in [4.69, 9.17) is 0 Å². The van der Waals surface area contributed by atoms with Crippen LogP contribution in [-0.4, -0.2) is 37.5 Å². The zero-order valence-corrected chi connectivity index (χ0v) is 28.6. The summed E-state index contributed by atoms with van der Waals surface area (Å²) < 4.78 is 0. The fraction of sp³-hybridized carbons (Fsp3) is 0.973. The van der Waals surface area contributed by atoms with Crippen LogP contribution in [0.15, 0.2) is 0 Å². The van der Waals surface area contributed by atoms with Crippen molar-refractivity contribution in [2.75, 3.05) is 20.1 Å². The standard InChI is InChI=1S/C18H40N2O.C18H37NO.CH4/c1-3-4-5-6-7-8-9-10-11-12-13-14-15-16-17-20-18(21)19-2;1-3-4-5-6-7-8-9-10-11-12-13-14-15-16-17-19-18(2)20;/h18-21H,3-17H2,1-2H3;3-17H2,1-2H3,(H,19,20);1H4. The number of aliphatic hydroxyl groups is 1. The van der Waals surface area contributed by atoms with Gasteiger partial charge in [0.1, 0.15) is 0 Å². The van der Waals surface area contributed by atoms with Crippen LogP contribution in [0.4, 0.5) is 0 Å². The topological polar surface area (TPSA) is 73.4 Å². The fourth-order valence-corrected chi connectivity index (χ4v) is 5.24. The van der Waals surface area contributed by atoms with E-state index in [1.807, 2.05) is 0 Å². The van der Waals surface area contributed by atoms with Crippen LogP contribution in [0.2, 0.25) is 0 Å². The van der Waals surface area contributed by atoms with Crippen LogP contribution >= 0.6 is 0 Å². The number of hydrogen-bond acceptors (Lipinski definition) is 4. The lowest BCUT2D eigenvalue weighted by molar-refractivity contribution is -0.118. The Labute approximate surface area is 265 Å². The molecule has 0 aliphatic carbocycles. The molecule has 1 atom stereocenters. The zero-order valence-electron chi connectivity index (χ0n) is 28.6. The zero-order chi connectivity index (χ0) is 30.5. The van der Waals surface area contributed by atoms with Crippen LogP contribution in [0.1, 0.15) is 208 Å². The molecule has 4 N–H and O–H groups in total. The van der Waals surface area contributed by atoms with Gasteiger partial charge in [0.2, 0.25) is 5.91 Å². The third kappa shape index (κ3) is 46.3. The van der Waals surface area contributed by atoms with Gasteiger partial charge >= 0.3 is 0 Å². The van der Waals surface area contributed by atoms with Gasteiger partial charge in [-0.3, -0.25) is 15.4 Å². The molecule has 0 saturated heterocycles. The van der Waals surface area contributed by atoms with Crippen molar-refractivity contribution in [2.45, 2.75) is 214 Å². The van der Waals surface area contributed by atoms with Gasteiger partial charge in [-0.2, -0.15) is 0 Å². The first-order valence-corrected chi connectivity index (χ1v) is 18.4. The summed E-state index contributed by atoms with van der Waals surface area (Å²) in [5, 5.41) is 17.9. The summed E-state index contributed by atoms with van der Waals surface area (Å²) in [6.45, 7) is 7.90. The number of nitrogens with one attached hydrogen (secondary N) is 3. The summed E-state index contributed by atoms with van der Waals surface area (Å²) in [5.74, 6) is 0.0969. The number of carbonyl (C=O) groups is 1. The van der Waals surface area contributed by atoms with Crippen molar-refractivity contribution in [1.82, 2.24) is 16.0 Å². The minimum absolute atomic E-state index is 0. The first-order chi connectivity index (χ1) is 20.1. The molecule has 1 amide bonds. The van der Waals surface area contributed by atoms with E-state index in [1.54, 1.807) is 14.0 Å². The molecule has 0 fully saturated rings. The Balaban J connectivity index is -0.000000708. The van der Waals surface area contributed by atoms with Gasteiger partial charge in [0, 0.05) is 13.5 Å². The number of amides is 1.